The molecule has 1 aromatic carbocycles. The summed E-state index contributed by atoms with van der Waals surface area (Å²) in [4.78, 5) is 6.96. The van der Waals surface area contributed by atoms with Gasteiger partial charge in [0.05, 0.1) is 0 Å². The van der Waals surface area contributed by atoms with Gasteiger partial charge in [0.15, 0.2) is 5.82 Å². The Morgan fingerprint density at radius 2 is 1.83 bits per heavy atom. The van der Waals surface area contributed by atoms with Crippen molar-refractivity contribution in [2.75, 3.05) is 20.1 Å². The monoisotopic (exact) mass is 338 g/mol. The standard InChI is InChI=1S/C17H26N4O.ClH/c1-5-21(6-2)16(14-10-8-7-9-11-14)17-19-15(20-22-17)12-13(3)18-4;/h7-11,13,16,18H,5-6,12H2,1-4H3;1H. The van der Waals surface area contributed by atoms with Gasteiger partial charge in [0.1, 0.15) is 6.04 Å². The van der Waals surface area contributed by atoms with Crippen molar-refractivity contribution in [3.63, 3.8) is 0 Å². The molecule has 6 heteroatoms. The van der Waals surface area contributed by atoms with Gasteiger partial charge in [-0.1, -0.05) is 49.3 Å². The van der Waals surface area contributed by atoms with Gasteiger partial charge in [-0.2, -0.15) is 4.98 Å². The van der Waals surface area contributed by atoms with E-state index in [1.165, 1.54) is 5.56 Å². The molecule has 2 atom stereocenters. The van der Waals surface area contributed by atoms with E-state index in [0.29, 0.717) is 11.9 Å². The van der Waals surface area contributed by atoms with Crippen LogP contribution in [-0.2, 0) is 6.42 Å². The molecule has 0 aliphatic rings. The lowest BCUT2D eigenvalue weighted by Crippen LogP contribution is -2.29. The predicted molar refractivity (Wildman–Crippen MR) is 95.0 cm³/mol. The first-order valence-corrected chi connectivity index (χ1v) is 7.98. The van der Waals surface area contributed by atoms with E-state index in [0.717, 1.165) is 25.3 Å². The Kier molecular flexibility index (Phi) is 8.23. The molecule has 0 bridgehead atoms. The van der Waals surface area contributed by atoms with E-state index in [9.17, 15) is 0 Å². The maximum absolute atomic E-state index is 5.58. The second-order valence-electron chi connectivity index (χ2n) is 5.48. The Labute approximate surface area is 144 Å². The highest BCUT2D eigenvalue weighted by Gasteiger charge is 2.26. The number of benzene rings is 1. The Balaban J connectivity index is 0.00000264. The van der Waals surface area contributed by atoms with Gasteiger partial charge < -0.3 is 9.84 Å². The number of nitrogens with zero attached hydrogens (tertiary/aromatic N) is 3. The van der Waals surface area contributed by atoms with Gasteiger partial charge >= 0.3 is 0 Å². The van der Waals surface area contributed by atoms with E-state index in [1.54, 1.807) is 0 Å². The summed E-state index contributed by atoms with van der Waals surface area (Å²) in [5.41, 5.74) is 1.18. The van der Waals surface area contributed by atoms with E-state index in [1.807, 2.05) is 25.2 Å². The zero-order valence-electron chi connectivity index (χ0n) is 14.3. The molecule has 128 valence electrons. The SMILES string of the molecule is CCN(CC)C(c1ccccc1)c1nc(CC(C)NC)no1.Cl. The second kappa shape index (κ2) is 9.65. The minimum absolute atomic E-state index is 0. The highest BCUT2D eigenvalue weighted by molar-refractivity contribution is 5.85. The van der Waals surface area contributed by atoms with E-state index in [2.05, 4.69) is 53.3 Å². The first-order chi connectivity index (χ1) is 10.7. The summed E-state index contributed by atoms with van der Waals surface area (Å²) < 4.78 is 5.58. The molecule has 1 heterocycles. The van der Waals surface area contributed by atoms with E-state index >= 15 is 0 Å². The fourth-order valence-corrected chi connectivity index (χ4v) is 2.57. The first-order valence-electron chi connectivity index (χ1n) is 7.98. The van der Waals surface area contributed by atoms with Crippen molar-refractivity contribution in [3.05, 3.63) is 47.6 Å². The van der Waals surface area contributed by atoms with Crippen molar-refractivity contribution < 1.29 is 4.52 Å². The lowest BCUT2D eigenvalue weighted by molar-refractivity contribution is 0.204. The van der Waals surface area contributed by atoms with Crippen LogP contribution in [0.5, 0.6) is 0 Å². The number of hydrogen-bond donors (Lipinski definition) is 1. The summed E-state index contributed by atoms with van der Waals surface area (Å²) in [5, 5.41) is 7.35. The number of nitrogens with one attached hydrogen (secondary N) is 1. The minimum atomic E-state index is 0. The predicted octanol–water partition coefficient (Wildman–Crippen LogP) is 3.07. The number of aromatic nitrogens is 2. The highest BCUT2D eigenvalue weighted by Crippen LogP contribution is 2.27. The Morgan fingerprint density at radius 3 is 2.39 bits per heavy atom. The van der Waals surface area contributed by atoms with Crippen molar-refractivity contribution in [1.29, 1.82) is 0 Å². The van der Waals surface area contributed by atoms with Crippen molar-refractivity contribution in [2.45, 2.75) is 39.3 Å². The maximum atomic E-state index is 5.58. The largest absolute Gasteiger partial charge is 0.337 e. The Hall–Kier alpha value is -1.43. The third-order valence-corrected chi connectivity index (χ3v) is 3.99. The number of halogens is 1. The first kappa shape index (κ1) is 19.6. The van der Waals surface area contributed by atoms with Crippen molar-refractivity contribution >= 4 is 12.4 Å². The highest BCUT2D eigenvalue weighted by atomic mass is 35.5. The van der Waals surface area contributed by atoms with Gasteiger partial charge in [-0.15, -0.1) is 12.4 Å². The van der Waals surface area contributed by atoms with Gasteiger partial charge in [-0.25, -0.2) is 0 Å². The summed E-state index contributed by atoms with van der Waals surface area (Å²) in [5.74, 6) is 1.43. The summed E-state index contributed by atoms with van der Waals surface area (Å²) in [6, 6.07) is 10.7. The van der Waals surface area contributed by atoms with Crippen LogP contribution >= 0.6 is 12.4 Å². The van der Waals surface area contributed by atoms with Crippen LogP contribution in [0.2, 0.25) is 0 Å². The van der Waals surface area contributed by atoms with Crippen LogP contribution in [-0.4, -0.2) is 41.2 Å². The minimum Gasteiger partial charge on any atom is -0.337 e. The molecule has 2 rings (SSSR count). The van der Waals surface area contributed by atoms with Crippen LogP contribution in [0.3, 0.4) is 0 Å². The van der Waals surface area contributed by atoms with Gasteiger partial charge in [0.25, 0.3) is 0 Å². The van der Waals surface area contributed by atoms with Gasteiger partial charge in [0, 0.05) is 12.5 Å². The molecule has 2 unspecified atom stereocenters. The molecule has 5 nitrogen and oxygen atoms in total. The average molecular weight is 339 g/mol. The molecule has 23 heavy (non-hydrogen) atoms. The molecule has 0 saturated heterocycles. The van der Waals surface area contributed by atoms with Crippen molar-refractivity contribution in [1.82, 2.24) is 20.4 Å². The molecule has 0 amide bonds. The molecule has 0 spiro atoms. The van der Waals surface area contributed by atoms with Crippen LogP contribution in [0.25, 0.3) is 0 Å². The molecule has 1 aromatic heterocycles. The van der Waals surface area contributed by atoms with Crippen LogP contribution in [0, 0.1) is 0 Å². The third kappa shape index (κ3) is 5.03. The topological polar surface area (TPSA) is 54.2 Å². The number of likely N-dealkylation sites (N-methyl/N-ethyl adjacent to an activating group) is 1. The average Bonchev–Trinajstić information content (AvgIpc) is 3.00. The zero-order chi connectivity index (χ0) is 15.9. The van der Waals surface area contributed by atoms with Crippen LogP contribution in [0.15, 0.2) is 34.9 Å². The Bertz CT molecular complexity index is 557. The lowest BCUT2D eigenvalue weighted by atomic mass is 10.1. The molecular formula is C17H27ClN4O. The van der Waals surface area contributed by atoms with E-state index < -0.39 is 0 Å². The summed E-state index contributed by atoms with van der Waals surface area (Å²) >= 11 is 0. The van der Waals surface area contributed by atoms with Crippen LogP contribution in [0.4, 0.5) is 0 Å². The van der Waals surface area contributed by atoms with E-state index in [4.69, 9.17) is 4.52 Å². The van der Waals surface area contributed by atoms with Crippen LogP contribution < -0.4 is 5.32 Å². The molecular weight excluding hydrogens is 312 g/mol. The van der Waals surface area contributed by atoms with Crippen LogP contribution in [0.1, 0.15) is 44.1 Å². The van der Waals surface area contributed by atoms with Gasteiger partial charge in [-0.3, -0.25) is 4.90 Å². The molecule has 0 fully saturated rings. The quantitative estimate of drug-likeness (QED) is 0.801. The fourth-order valence-electron chi connectivity index (χ4n) is 2.57. The third-order valence-electron chi connectivity index (χ3n) is 3.99. The molecule has 0 aliphatic carbocycles. The zero-order valence-corrected chi connectivity index (χ0v) is 15.1. The lowest BCUT2D eigenvalue weighted by Gasteiger charge is -2.26. The summed E-state index contributed by atoms with van der Waals surface area (Å²) in [6.07, 6.45) is 0.764. The molecule has 0 saturated carbocycles. The normalized spacial score (nSPS) is 13.6. The number of hydrogen-bond acceptors (Lipinski definition) is 5. The summed E-state index contributed by atoms with van der Waals surface area (Å²) in [7, 11) is 1.94. The Morgan fingerprint density at radius 1 is 1.17 bits per heavy atom. The molecule has 1 N–H and O–H groups in total. The molecule has 0 aliphatic heterocycles. The second-order valence-corrected chi connectivity index (χ2v) is 5.48. The van der Waals surface area contributed by atoms with Crippen molar-refractivity contribution in [2.24, 2.45) is 0 Å². The maximum Gasteiger partial charge on any atom is 0.248 e. The molecule has 2 aromatic rings. The molecule has 0 radical (unpaired) electrons. The number of rotatable bonds is 8. The van der Waals surface area contributed by atoms with Gasteiger partial charge in [-0.05, 0) is 32.6 Å². The van der Waals surface area contributed by atoms with Crippen molar-refractivity contribution in [3.8, 4) is 0 Å². The fraction of sp³-hybridized carbons (Fsp3) is 0.529. The van der Waals surface area contributed by atoms with Gasteiger partial charge in [0.2, 0.25) is 5.89 Å². The summed E-state index contributed by atoms with van der Waals surface area (Å²) in [6.45, 7) is 8.27. The van der Waals surface area contributed by atoms with E-state index in [-0.39, 0.29) is 18.4 Å². The smallest absolute Gasteiger partial charge is 0.248 e.